The van der Waals surface area contributed by atoms with Gasteiger partial charge in [0, 0.05) is 59.9 Å². The summed E-state index contributed by atoms with van der Waals surface area (Å²) < 4.78 is 10.5. The zero-order chi connectivity index (χ0) is 26.3. The average molecular weight is 545 g/mol. The molecule has 1 aliphatic rings. The summed E-state index contributed by atoms with van der Waals surface area (Å²) in [6.45, 7) is 1.73. The van der Waals surface area contributed by atoms with Crippen molar-refractivity contribution in [2.75, 3.05) is 51.8 Å². The van der Waals surface area contributed by atoms with Crippen LogP contribution in [0.1, 0.15) is 51.4 Å². The van der Waals surface area contributed by atoms with E-state index in [1.807, 2.05) is 21.6 Å². The Kier molecular flexibility index (Phi) is 19.6. The number of amides is 2. The summed E-state index contributed by atoms with van der Waals surface area (Å²) in [5.74, 6) is 0.347. The Bertz CT molecular complexity index is 757. The molecule has 1 unspecified atom stereocenters. The number of nitrogens with one attached hydrogen (secondary N) is 2. The molecular formula is C21H36N8O5S2. The van der Waals surface area contributed by atoms with Crippen molar-refractivity contribution in [3.05, 3.63) is 20.9 Å². The minimum absolute atomic E-state index is 0.152. The van der Waals surface area contributed by atoms with E-state index in [2.05, 4.69) is 30.7 Å². The fourth-order valence-electron chi connectivity index (χ4n) is 3.28. The molecule has 0 aromatic heterocycles. The first-order valence-electron chi connectivity index (χ1n) is 12.1. The maximum Gasteiger partial charge on any atom is 0.222 e. The molecule has 2 atom stereocenters. The lowest BCUT2D eigenvalue weighted by molar-refractivity contribution is -0.131. The number of unbranched alkanes of at least 4 members (excludes halogenated alkanes) is 1. The molecule has 0 aromatic rings. The van der Waals surface area contributed by atoms with E-state index in [1.165, 1.54) is 12.2 Å². The molecule has 1 saturated heterocycles. The zero-order valence-electron chi connectivity index (χ0n) is 20.5. The van der Waals surface area contributed by atoms with Gasteiger partial charge < -0.3 is 20.1 Å². The predicted octanol–water partition coefficient (Wildman–Crippen LogP) is 3.69. The molecule has 1 aliphatic heterocycles. The van der Waals surface area contributed by atoms with Crippen LogP contribution in [0.25, 0.3) is 20.9 Å². The monoisotopic (exact) mass is 544 g/mol. The third kappa shape index (κ3) is 17.3. The highest BCUT2D eigenvalue weighted by Gasteiger charge is 2.23. The first-order chi connectivity index (χ1) is 17.6. The Balaban J connectivity index is 2.41. The summed E-state index contributed by atoms with van der Waals surface area (Å²) in [7, 11) is 3.82. The number of nitrogens with zero attached hydrogens (tertiary/aromatic N) is 6. The number of rotatable bonds is 22. The second-order valence-corrected chi connectivity index (χ2v) is 10.7. The van der Waals surface area contributed by atoms with Gasteiger partial charge in [-0.05, 0) is 36.7 Å². The van der Waals surface area contributed by atoms with E-state index in [1.54, 1.807) is 0 Å². The first-order valence-corrected chi connectivity index (χ1v) is 14.5. The van der Waals surface area contributed by atoms with Crippen molar-refractivity contribution in [1.82, 2.24) is 10.6 Å². The molecule has 36 heavy (non-hydrogen) atoms. The highest BCUT2D eigenvalue weighted by molar-refractivity contribution is 8.77. The number of carbonyl (C=O) groups is 3. The molecule has 0 bridgehead atoms. The first kappa shape index (κ1) is 31.9. The maximum absolute atomic E-state index is 12.7. The van der Waals surface area contributed by atoms with Gasteiger partial charge in [-0.2, -0.15) is 0 Å². The standard InChI is InChI=1S/C21H36N8O5S2/c22-28-25-9-13-33-11-3-5-19(30)18(16-21(32)24-8-12-34-14-10-26-29-23)27-20(31)6-2-1-4-17-7-15-35-36-17/h17-18H,1-16H2,(H,24,32)(H,27,31)/t17?,18-/m0/s1. The van der Waals surface area contributed by atoms with Gasteiger partial charge in [0.15, 0.2) is 5.78 Å². The van der Waals surface area contributed by atoms with Crippen molar-refractivity contribution in [1.29, 1.82) is 0 Å². The third-order valence-corrected chi connectivity index (χ3v) is 8.11. The van der Waals surface area contributed by atoms with Crippen LogP contribution in [0.15, 0.2) is 10.2 Å². The van der Waals surface area contributed by atoms with Crippen LogP contribution in [-0.2, 0) is 23.9 Å². The number of hydrogen-bond acceptors (Lipinski definition) is 9. The number of Topliss-reactive ketones (excluding diaryl/α,β-unsaturated/α-hetero) is 1. The fraction of sp³-hybridized carbons (Fsp3) is 0.857. The second kappa shape index (κ2) is 22.1. The molecule has 2 amide bonds. The lowest BCUT2D eigenvalue weighted by atomic mass is 10.0. The quantitative estimate of drug-likeness (QED) is 0.0682. The summed E-state index contributed by atoms with van der Waals surface area (Å²) in [6.07, 6.45) is 4.73. The Morgan fingerprint density at radius 1 is 0.944 bits per heavy atom. The van der Waals surface area contributed by atoms with Crippen molar-refractivity contribution in [2.24, 2.45) is 10.2 Å². The Morgan fingerprint density at radius 2 is 1.67 bits per heavy atom. The van der Waals surface area contributed by atoms with Crippen LogP contribution in [0, 0.1) is 0 Å². The van der Waals surface area contributed by atoms with Gasteiger partial charge in [-0.1, -0.05) is 38.2 Å². The van der Waals surface area contributed by atoms with E-state index in [0.29, 0.717) is 24.7 Å². The van der Waals surface area contributed by atoms with Gasteiger partial charge in [0.05, 0.1) is 32.3 Å². The molecule has 1 heterocycles. The maximum atomic E-state index is 12.7. The lowest BCUT2D eigenvalue weighted by Gasteiger charge is -2.18. The van der Waals surface area contributed by atoms with Crippen molar-refractivity contribution in [3.63, 3.8) is 0 Å². The van der Waals surface area contributed by atoms with E-state index in [9.17, 15) is 14.4 Å². The molecule has 1 rings (SSSR count). The van der Waals surface area contributed by atoms with Crippen molar-refractivity contribution >= 4 is 39.2 Å². The molecule has 1 fully saturated rings. The van der Waals surface area contributed by atoms with Crippen LogP contribution in [0.2, 0.25) is 0 Å². The second-order valence-electron chi connectivity index (χ2n) is 7.95. The van der Waals surface area contributed by atoms with Crippen LogP contribution in [0.4, 0.5) is 0 Å². The lowest BCUT2D eigenvalue weighted by Crippen LogP contribution is -2.44. The largest absolute Gasteiger partial charge is 0.381 e. The third-order valence-electron chi connectivity index (χ3n) is 5.10. The molecule has 0 aliphatic carbocycles. The molecule has 0 spiro atoms. The summed E-state index contributed by atoms with van der Waals surface area (Å²) in [6, 6.07) is -0.909. The topological polar surface area (TPSA) is 191 Å². The molecular weight excluding hydrogens is 508 g/mol. The number of carbonyl (C=O) groups excluding carboxylic acids is 3. The summed E-state index contributed by atoms with van der Waals surface area (Å²) >= 11 is 0. The summed E-state index contributed by atoms with van der Waals surface area (Å²) in [5, 5.41) is 12.8. The highest BCUT2D eigenvalue weighted by atomic mass is 33.1. The molecule has 0 radical (unpaired) electrons. The Morgan fingerprint density at radius 3 is 2.33 bits per heavy atom. The average Bonchev–Trinajstić information content (AvgIpc) is 3.38. The van der Waals surface area contributed by atoms with Gasteiger partial charge in [0.1, 0.15) is 0 Å². The van der Waals surface area contributed by atoms with Gasteiger partial charge in [0.25, 0.3) is 0 Å². The number of ether oxygens (including phenoxy) is 2. The number of azide groups is 2. The van der Waals surface area contributed by atoms with E-state index in [0.717, 1.165) is 19.3 Å². The van der Waals surface area contributed by atoms with Gasteiger partial charge in [-0.15, -0.1) is 0 Å². The van der Waals surface area contributed by atoms with Crippen molar-refractivity contribution in [3.8, 4) is 0 Å². The SMILES string of the molecule is [N-]=[N+]=NCCOCCCC(=O)[C@H](CC(=O)NCCOCCN=[N+]=[N-])NC(=O)CCCCC1CCSS1. The normalized spacial score (nSPS) is 15.4. The molecule has 0 aromatic carbocycles. The molecule has 15 heteroatoms. The van der Waals surface area contributed by atoms with E-state index in [-0.39, 0.29) is 69.9 Å². The minimum Gasteiger partial charge on any atom is -0.381 e. The van der Waals surface area contributed by atoms with Crippen LogP contribution in [-0.4, -0.2) is 80.7 Å². The van der Waals surface area contributed by atoms with Gasteiger partial charge in [-0.3, -0.25) is 14.4 Å². The molecule has 13 nitrogen and oxygen atoms in total. The number of hydrogen-bond donors (Lipinski definition) is 2. The Hall–Kier alpha value is -2.15. The zero-order valence-corrected chi connectivity index (χ0v) is 22.1. The van der Waals surface area contributed by atoms with Crippen LogP contribution < -0.4 is 10.6 Å². The summed E-state index contributed by atoms with van der Waals surface area (Å²) in [5.41, 5.74) is 16.5. The predicted molar refractivity (Wildman–Crippen MR) is 140 cm³/mol. The van der Waals surface area contributed by atoms with Crippen molar-refractivity contribution < 1.29 is 23.9 Å². The summed E-state index contributed by atoms with van der Waals surface area (Å²) in [4.78, 5) is 42.8. The fourth-order valence-corrected chi connectivity index (χ4v) is 6.31. The highest BCUT2D eigenvalue weighted by Crippen LogP contribution is 2.39. The molecule has 0 saturated carbocycles. The molecule has 2 N–H and O–H groups in total. The minimum atomic E-state index is -0.909. The van der Waals surface area contributed by atoms with Gasteiger partial charge >= 0.3 is 0 Å². The van der Waals surface area contributed by atoms with Crippen molar-refractivity contribution in [2.45, 2.75) is 62.7 Å². The van der Waals surface area contributed by atoms with E-state index >= 15 is 0 Å². The molecule has 202 valence electrons. The van der Waals surface area contributed by atoms with Gasteiger partial charge in [0.2, 0.25) is 11.8 Å². The number of ketones is 1. The van der Waals surface area contributed by atoms with Gasteiger partial charge in [-0.25, -0.2) is 0 Å². The smallest absolute Gasteiger partial charge is 0.222 e. The van der Waals surface area contributed by atoms with Crippen LogP contribution in [0.3, 0.4) is 0 Å². The Labute approximate surface area is 219 Å². The van der Waals surface area contributed by atoms with E-state index < -0.39 is 6.04 Å². The van der Waals surface area contributed by atoms with Crippen LogP contribution >= 0.6 is 21.6 Å². The van der Waals surface area contributed by atoms with E-state index in [4.69, 9.17) is 20.5 Å². The van der Waals surface area contributed by atoms with Crippen LogP contribution in [0.5, 0.6) is 0 Å².